The summed E-state index contributed by atoms with van der Waals surface area (Å²) in [7, 11) is 0. The number of rotatable bonds is 3. The molecule has 0 aliphatic carbocycles. The van der Waals surface area contributed by atoms with E-state index in [1.165, 1.54) is 25.7 Å². The van der Waals surface area contributed by atoms with E-state index >= 15 is 0 Å². The minimum atomic E-state index is 0.137. The number of hydrogen-bond donors (Lipinski definition) is 0. The maximum absolute atomic E-state index is 12.5. The van der Waals surface area contributed by atoms with Crippen LogP contribution in [0.15, 0.2) is 12.5 Å². The van der Waals surface area contributed by atoms with Crippen LogP contribution in [0.2, 0.25) is 0 Å². The zero-order valence-electron chi connectivity index (χ0n) is 14.0. The van der Waals surface area contributed by atoms with E-state index < -0.39 is 0 Å². The molecule has 1 amide bonds. The first-order valence-corrected chi connectivity index (χ1v) is 9.02. The van der Waals surface area contributed by atoms with Crippen LogP contribution >= 0.6 is 0 Å². The lowest BCUT2D eigenvalue weighted by atomic mass is 10.1. The molecule has 2 saturated heterocycles. The van der Waals surface area contributed by atoms with Crippen LogP contribution in [-0.2, 0) is 11.3 Å². The van der Waals surface area contributed by atoms with Crippen LogP contribution in [-0.4, -0.2) is 56.7 Å². The molecule has 0 saturated carbocycles. The number of likely N-dealkylation sites (tertiary alicyclic amines) is 1. The van der Waals surface area contributed by atoms with Crippen molar-refractivity contribution < 1.29 is 4.79 Å². The van der Waals surface area contributed by atoms with Crippen molar-refractivity contribution in [2.24, 2.45) is 0 Å². The molecule has 7 heteroatoms. The summed E-state index contributed by atoms with van der Waals surface area (Å²) in [4.78, 5) is 25.6. The van der Waals surface area contributed by atoms with Gasteiger partial charge in [0.25, 0.3) is 0 Å². The monoisotopic (exact) mass is 328 g/mol. The maximum atomic E-state index is 12.5. The Labute approximate surface area is 141 Å². The molecule has 4 rings (SSSR count). The number of nitrogens with zero attached hydrogens (tertiary/aromatic N) is 6. The highest BCUT2D eigenvalue weighted by Gasteiger charge is 2.21. The van der Waals surface area contributed by atoms with Crippen LogP contribution in [0.25, 0.3) is 11.0 Å². The molecule has 2 fully saturated rings. The molecule has 128 valence electrons. The fraction of sp³-hybridized carbons (Fsp3) is 0.647. The van der Waals surface area contributed by atoms with Gasteiger partial charge in [0, 0.05) is 26.2 Å². The van der Waals surface area contributed by atoms with E-state index in [1.807, 2.05) is 11.1 Å². The molecular weight excluding hydrogens is 304 g/mol. The Kier molecular flexibility index (Phi) is 4.32. The second-order valence-corrected chi connectivity index (χ2v) is 6.73. The first kappa shape index (κ1) is 15.4. The third-order valence-electron chi connectivity index (χ3n) is 5.06. The van der Waals surface area contributed by atoms with Gasteiger partial charge in [0.05, 0.1) is 11.6 Å². The first-order valence-electron chi connectivity index (χ1n) is 9.02. The second kappa shape index (κ2) is 6.75. The summed E-state index contributed by atoms with van der Waals surface area (Å²) in [5.41, 5.74) is 0.760. The van der Waals surface area contributed by atoms with Crippen molar-refractivity contribution in [3.8, 4) is 0 Å². The largest absolute Gasteiger partial charge is 0.356 e. The molecule has 0 radical (unpaired) electrons. The minimum absolute atomic E-state index is 0.137. The van der Waals surface area contributed by atoms with Gasteiger partial charge in [-0.05, 0) is 38.5 Å². The molecule has 7 nitrogen and oxygen atoms in total. The predicted octanol–water partition coefficient (Wildman–Crippen LogP) is 1.83. The molecule has 0 N–H and O–H groups in total. The van der Waals surface area contributed by atoms with Crippen LogP contribution in [0.5, 0.6) is 0 Å². The van der Waals surface area contributed by atoms with E-state index in [-0.39, 0.29) is 12.5 Å². The number of piperidine rings is 2. The SMILES string of the molecule is O=C(Cn1ncc2c(N3CCCCC3)ncnc21)N1CCCCC1. The summed E-state index contributed by atoms with van der Waals surface area (Å²) in [6.45, 7) is 4.06. The zero-order chi connectivity index (χ0) is 16.4. The van der Waals surface area contributed by atoms with Gasteiger partial charge >= 0.3 is 0 Å². The zero-order valence-corrected chi connectivity index (χ0v) is 14.0. The van der Waals surface area contributed by atoms with E-state index in [0.29, 0.717) is 0 Å². The van der Waals surface area contributed by atoms with Crippen molar-refractivity contribution in [3.05, 3.63) is 12.5 Å². The third kappa shape index (κ3) is 2.95. The molecular formula is C17H24N6O. The lowest BCUT2D eigenvalue weighted by molar-refractivity contribution is -0.132. The second-order valence-electron chi connectivity index (χ2n) is 6.73. The molecule has 2 aromatic rings. The minimum Gasteiger partial charge on any atom is -0.356 e. The van der Waals surface area contributed by atoms with Gasteiger partial charge in [-0.1, -0.05) is 0 Å². The Hall–Kier alpha value is -2.18. The van der Waals surface area contributed by atoms with Gasteiger partial charge in [-0.2, -0.15) is 5.10 Å². The smallest absolute Gasteiger partial charge is 0.244 e. The molecule has 0 spiro atoms. The van der Waals surface area contributed by atoms with Gasteiger partial charge in [-0.25, -0.2) is 14.6 Å². The number of carbonyl (C=O) groups is 1. The van der Waals surface area contributed by atoms with Crippen LogP contribution in [0, 0.1) is 0 Å². The number of hydrogen-bond acceptors (Lipinski definition) is 5. The lowest BCUT2D eigenvalue weighted by Gasteiger charge is -2.28. The Morgan fingerprint density at radius 1 is 0.958 bits per heavy atom. The van der Waals surface area contributed by atoms with Gasteiger partial charge in [0.2, 0.25) is 5.91 Å². The molecule has 2 aliphatic heterocycles. The summed E-state index contributed by atoms with van der Waals surface area (Å²) < 4.78 is 1.72. The topological polar surface area (TPSA) is 67.2 Å². The standard InChI is InChI=1S/C17H24N6O/c24-15(21-7-3-1-4-8-21)12-23-17-14(11-20-23)16(18-13-19-17)22-9-5-2-6-10-22/h11,13H,1-10,12H2. The summed E-state index contributed by atoms with van der Waals surface area (Å²) in [6.07, 6.45) is 10.5. The van der Waals surface area contributed by atoms with E-state index in [4.69, 9.17) is 0 Å². The van der Waals surface area contributed by atoms with Gasteiger partial charge in [0.1, 0.15) is 18.7 Å². The summed E-state index contributed by atoms with van der Waals surface area (Å²) in [6, 6.07) is 0. The molecule has 0 aromatic carbocycles. The van der Waals surface area contributed by atoms with Crippen molar-refractivity contribution in [3.63, 3.8) is 0 Å². The fourth-order valence-electron chi connectivity index (χ4n) is 3.73. The van der Waals surface area contributed by atoms with Crippen LogP contribution < -0.4 is 4.90 Å². The Bertz CT molecular complexity index is 715. The van der Waals surface area contributed by atoms with Crippen molar-refractivity contribution in [2.75, 3.05) is 31.1 Å². The summed E-state index contributed by atoms with van der Waals surface area (Å²) in [5.74, 6) is 1.09. The number of anilines is 1. The maximum Gasteiger partial charge on any atom is 0.244 e. The third-order valence-corrected chi connectivity index (χ3v) is 5.06. The van der Waals surface area contributed by atoms with Crippen LogP contribution in [0.3, 0.4) is 0 Å². The number of carbonyl (C=O) groups excluding carboxylic acids is 1. The number of amides is 1. The van der Waals surface area contributed by atoms with Gasteiger partial charge in [-0.3, -0.25) is 4.79 Å². The summed E-state index contributed by atoms with van der Waals surface area (Å²) in [5, 5.41) is 5.38. The highest BCUT2D eigenvalue weighted by Crippen LogP contribution is 2.25. The molecule has 2 aliphatic rings. The van der Waals surface area contributed by atoms with E-state index in [9.17, 15) is 4.79 Å². The van der Waals surface area contributed by atoms with Gasteiger partial charge in [-0.15, -0.1) is 0 Å². The van der Waals surface area contributed by atoms with Crippen molar-refractivity contribution in [1.82, 2.24) is 24.6 Å². The average molecular weight is 328 g/mol. The molecule has 0 atom stereocenters. The molecule has 4 heterocycles. The Morgan fingerprint density at radius 3 is 2.42 bits per heavy atom. The summed E-state index contributed by atoms with van der Waals surface area (Å²) >= 11 is 0. The highest BCUT2D eigenvalue weighted by atomic mass is 16.2. The van der Waals surface area contributed by atoms with Crippen LogP contribution in [0.4, 0.5) is 5.82 Å². The Balaban J connectivity index is 1.57. The van der Waals surface area contributed by atoms with E-state index in [1.54, 1.807) is 11.0 Å². The van der Waals surface area contributed by atoms with Crippen molar-refractivity contribution >= 4 is 22.8 Å². The quantitative estimate of drug-likeness (QED) is 0.860. The fourth-order valence-corrected chi connectivity index (χ4v) is 3.73. The number of aromatic nitrogens is 4. The van der Waals surface area contributed by atoms with Gasteiger partial charge in [0.15, 0.2) is 5.65 Å². The molecule has 0 bridgehead atoms. The van der Waals surface area contributed by atoms with Crippen molar-refractivity contribution in [2.45, 2.75) is 45.1 Å². The van der Waals surface area contributed by atoms with E-state index in [2.05, 4.69) is 20.0 Å². The molecule has 24 heavy (non-hydrogen) atoms. The lowest BCUT2D eigenvalue weighted by Crippen LogP contribution is -2.38. The molecule has 0 unspecified atom stereocenters. The van der Waals surface area contributed by atoms with Gasteiger partial charge < -0.3 is 9.80 Å². The van der Waals surface area contributed by atoms with Crippen LogP contribution in [0.1, 0.15) is 38.5 Å². The average Bonchev–Trinajstić information content (AvgIpc) is 3.06. The number of fused-ring (bicyclic) bond motifs is 1. The normalized spacial score (nSPS) is 19.0. The first-order chi connectivity index (χ1) is 11.8. The Morgan fingerprint density at radius 2 is 1.67 bits per heavy atom. The van der Waals surface area contributed by atoms with E-state index in [0.717, 1.165) is 55.9 Å². The molecule has 2 aromatic heterocycles. The van der Waals surface area contributed by atoms with Crippen molar-refractivity contribution in [1.29, 1.82) is 0 Å². The predicted molar refractivity (Wildman–Crippen MR) is 91.8 cm³/mol. The highest BCUT2D eigenvalue weighted by molar-refractivity contribution is 5.88.